The fourth-order valence-electron chi connectivity index (χ4n) is 3.40. The van der Waals surface area contributed by atoms with E-state index in [2.05, 4.69) is 10.2 Å². The van der Waals surface area contributed by atoms with Crippen molar-refractivity contribution in [2.24, 2.45) is 0 Å². The fourth-order valence-corrected chi connectivity index (χ4v) is 5.53. The second-order valence-electron chi connectivity index (χ2n) is 6.17. The topological polar surface area (TPSA) is 85.5 Å². The number of aryl methyl sites for hydroxylation is 1. The molecule has 1 aromatic rings. The van der Waals surface area contributed by atoms with Crippen molar-refractivity contribution in [1.29, 1.82) is 0 Å². The van der Waals surface area contributed by atoms with Crippen molar-refractivity contribution in [2.45, 2.75) is 55.9 Å². The quantitative estimate of drug-likeness (QED) is 0.821. The maximum Gasteiger partial charge on any atom is 0.221 e. The Labute approximate surface area is 123 Å². The van der Waals surface area contributed by atoms with Gasteiger partial charge in [0, 0.05) is 20.1 Å². The third-order valence-corrected chi connectivity index (χ3v) is 7.01. The van der Waals surface area contributed by atoms with Gasteiger partial charge in [-0.3, -0.25) is 0 Å². The number of piperidine rings is 1. The van der Waals surface area contributed by atoms with E-state index < -0.39 is 10.0 Å². The predicted molar refractivity (Wildman–Crippen MR) is 73.2 cm³/mol. The SMILES string of the molecule is Cc1nnc([C@@H]2C[C@@H]3OCC[C@@H]3N(S(=O)(=O)C3CC3)C2)o1. The molecule has 1 saturated carbocycles. The first-order valence-corrected chi connectivity index (χ1v) is 8.98. The number of nitrogens with zero attached hydrogens (tertiary/aromatic N) is 3. The summed E-state index contributed by atoms with van der Waals surface area (Å²) in [5.74, 6) is 0.965. The van der Waals surface area contributed by atoms with Crippen molar-refractivity contribution in [3.05, 3.63) is 11.8 Å². The Bertz CT molecular complexity index is 640. The van der Waals surface area contributed by atoms with Gasteiger partial charge in [0.25, 0.3) is 0 Å². The van der Waals surface area contributed by atoms with Gasteiger partial charge in [0.15, 0.2) is 0 Å². The highest BCUT2D eigenvalue weighted by Crippen LogP contribution is 2.41. The van der Waals surface area contributed by atoms with Crippen LogP contribution in [0.25, 0.3) is 0 Å². The Morgan fingerprint density at radius 3 is 2.71 bits per heavy atom. The molecule has 2 saturated heterocycles. The van der Waals surface area contributed by atoms with Gasteiger partial charge in [-0.15, -0.1) is 10.2 Å². The molecule has 0 N–H and O–H groups in total. The molecule has 0 spiro atoms. The number of aromatic nitrogens is 2. The maximum absolute atomic E-state index is 12.7. The monoisotopic (exact) mass is 313 g/mol. The maximum atomic E-state index is 12.7. The molecule has 0 amide bonds. The lowest BCUT2D eigenvalue weighted by molar-refractivity contribution is 0.0426. The lowest BCUT2D eigenvalue weighted by Gasteiger charge is -2.38. The van der Waals surface area contributed by atoms with E-state index >= 15 is 0 Å². The smallest absolute Gasteiger partial charge is 0.221 e. The summed E-state index contributed by atoms with van der Waals surface area (Å²) in [6.07, 6.45) is 3.04. The summed E-state index contributed by atoms with van der Waals surface area (Å²) in [4.78, 5) is 0. The van der Waals surface area contributed by atoms with Crippen molar-refractivity contribution >= 4 is 10.0 Å². The number of fused-ring (bicyclic) bond motifs is 1. The molecule has 116 valence electrons. The molecule has 3 heterocycles. The molecule has 2 aliphatic heterocycles. The number of hydrogen-bond donors (Lipinski definition) is 0. The number of sulfonamides is 1. The molecule has 0 bridgehead atoms. The second kappa shape index (κ2) is 4.76. The van der Waals surface area contributed by atoms with Crippen LogP contribution >= 0.6 is 0 Å². The normalized spacial score (nSPS) is 34.0. The highest BCUT2D eigenvalue weighted by molar-refractivity contribution is 7.90. The molecule has 3 fully saturated rings. The van der Waals surface area contributed by atoms with Gasteiger partial charge in [-0.2, -0.15) is 4.31 Å². The van der Waals surface area contributed by atoms with Crippen molar-refractivity contribution in [1.82, 2.24) is 14.5 Å². The number of rotatable bonds is 3. The minimum Gasteiger partial charge on any atom is -0.425 e. The van der Waals surface area contributed by atoms with Gasteiger partial charge >= 0.3 is 0 Å². The standard InChI is InChI=1S/C13H19N3O4S/c1-8-14-15-13(20-8)9-6-12-11(4-5-19-12)16(7-9)21(17,18)10-2-3-10/h9-12H,2-7H2,1H3/t9-,11+,12+/m1/s1. The minimum atomic E-state index is -3.21. The van der Waals surface area contributed by atoms with Crippen LogP contribution in [0.3, 0.4) is 0 Å². The van der Waals surface area contributed by atoms with E-state index in [1.54, 1.807) is 11.2 Å². The lowest BCUT2D eigenvalue weighted by Crippen LogP contribution is -2.52. The molecule has 0 radical (unpaired) electrons. The van der Waals surface area contributed by atoms with Gasteiger partial charge in [0.1, 0.15) is 0 Å². The Hall–Kier alpha value is -0.990. The Morgan fingerprint density at radius 2 is 2.05 bits per heavy atom. The zero-order chi connectivity index (χ0) is 14.6. The third-order valence-electron chi connectivity index (χ3n) is 4.63. The molecule has 0 unspecified atom stereocenters. The molecule has 0 aromatic carbocycles. The molecule has 1 aliphatic carbocycles. The molecular formula is C13H19N3O4S. The molecule has 7 nitrogen and oxygen atoms in total. The van der Waals surface area contributed by atoms with Crippen molar-refractivity contribution < 1.29 is 17.6 Å². The Balaban J connectivity index is 1.64. The van der Waals surface area contributed by atoms with Gasteiger partial charge in [-0.1, -0.05) is 0 Å². The highest BCUT2D eigenvalue weighted by Gasteiger charge is 2.50. The molecule has 4 rings (SSSR count). The lowest BCUT2D eigenvalue weighted by atomic mass is 9.92. The van der Waals surface area contributed by atoms with Crippen LogP contribution in [0.5, 0.6) is 0 Å². The molecule has 21 heavy (non-hydrogen) atoms. The van der Waals surface area contributed by atoms with Crippen LogP contribution in [-0.4, -0.2) is 53.5 Å². The van der Waals surface area contributed by atoms with Crippen molar-refractivity contribution in [3.8, 4) is 0 Å². The highest BCUT2D eigenvalue weighted by atomic mass is 32.2. The van der Waals surface area contributed by atoms with Crippen LogP contribution < -0.4 is 0 Å². The molecule has 8 heteroatoms. The van der Waals surface area contributed by atoms with Gasteiger partial charge in [-0.25, -0.2) is 8.42 Å². The van der Waals surface area contributed by atoms with Crippen LogP contribution in [0.1, 0.15) is 43.4 Å². The Morgan fingerprint density at radius 1 is 1.24 bits per heavy atom. The van der Waals surface area contributed by atoms with Gasteiger partial charge in [0.2, 0.25) is 21.8 Å². The third kappa shape index (κ3) is 2.29. The van der Waals surface area contributed by atoms with E-state index in [1.807, 2.05) is 0 Å². The number of hydrogen-bond acceptors (Lipinski definition) is 6. The van der Waals surface area contributed by atoms with Gasteiger partial charge in [-0.05, 0) is 25.7 Å². The summed E-state index contributed by atoms with van der Waals surface area (Å²) >= 11 is 0. The van der Waals surface area contributed by atoms with E-state index in [0.717, 1.165) is 25.7 Å². The van der Waals surface area contributed by atoms with Crippen molar-refractivity contribution in [3.63, 3.8) is 0 Å². The summed E-state index contributed by atoms with van der Waals surface area (Å²) in [6, 6.07) is -0.0177. The van der Waals surface area contributed by atoms with Gasteiger partial charge < -0.3 is 9.15 Å². The van der Waals surface area contributed by atoms with E-state index in [-0.39, 0.29) is 23.3 Å². The van der Waals surface area contributed by atoms with Crippen molar-refractivity contribution in [2.75, 3.05) is 13.2 Å². The number of ether oxygens (including phenoxy) is 1. The van der Waals surface area contributed by atoms with Crippen LogP contribution in [-0.2, 0) is 14.8 Å². The summed E-state index contributed by atoms with van der Waals surface area (Å²) in [5.41, 5.74) is 0. The van der Waals surface area contributed by atoms with E-state index in [4.69, 9.17) is 9.15 Å². The molecule has 3 atom stereocenters. The molecule has 1 aromatic heterocycles. The predicted octanol–water partition coefficient (Wildman–Crippen LogP) is 0.817. The first-order chi connectivity index (χ1) is 10.1. The van der Waals surface area contributed by atoms with E-state index in [9.17, 15) is 8.42 Å². The first kappa shape index (κ1) is 13.7. The minimum absolute atomic E-state index is 0.0177. The summed E-state index contributed by atoms with van der Waals surface area (Å²) in [5, 5.41) is 7.73. The Kier molecular flexibility index (Phi) is 3.09. The van der Waals surface area contributed by atoms with Gasteiger partial charge in [0.05, 0.1) is 23.3 Å². The largest absolute Gasteiger partial charge is 0.425 e. The molecule has 3 aliphatic rings. The van der Waals surface area contributed by atoms with Crippen LogP contribution in [0.2, 0.25) is 0 Å². The average molecular weight is 313 g/mol. The van der Waals surface area contributed by atoms with E-state index in [0.29, 0.717) is 24.9 Å². The summed E-state index contributed by atoms with van der Waals surface area (Å²) in [7, 11) is -3.21. The summed E-state index contributed by atoms with van der Waals surface area (Å²) in [6.45, 7) is 2.81. The zero-order valence-corrected chi connectivity index (χ0v) is 12.8. The van der Waals surface area contributed by atoms with E-state index in [1.165, 1.54) is 0 Å². The second-order valence-corrected chi connectivity index (χ2v) is 8.34. The first-order valence-electron chi connectivity index (χ1n) is 7.48. The zero-order valence-electron chi connectivity index (χ0n) is 11.9. The fraction of sp³-hybridized carbons (Fsp3) is 0.846. The van der Waals surface area contributed by atoms with Crippen LogP contribution in [0.15, 0.2) is 4.42 Å². The summed E-state index contributed by atoms with van der Waals surface area (Å²) < 4.78 is 38.3. The van der Waals surface area contributed by atoms with Crippen LogP contribution in [0.4, 0.5) is 0 Å². The molecular weight excluding hydrogens is 294 g/mol. The van der Waals surface area contributed by atoms with Crippen LogP contribution in [0, 0.1) is 6.92 Å². The average Bonchev–Trinajstić information content (AvgIpc) is 3.07.